The van der Waals surface area contributed by atoms with Crippen molar-refractivity contribution in [3.05, 3.63) is 64.1 Å². The van der Waals surface area contributed by atoms with Crippen LogP contribution < -0.4 is 5.32 Å². The number of hydrogen-bond acceptors (Lipinski definition) is 3. The van der Waals surface area contributed by atoms with Crippen LogP contribution in [0.1, 0.15) is 38.2 Å². The molecule has 3 nitrogen and oxygen atoms in total. The zero-order valence-electron chi connectivity index (χ0n) is 14.1. The Kier molecular flexibility index (Phi) is 5.55. The fourth-order valence-electron chi connectivity index (χ4n) is 3.35. The van der Waals surface area contributed by atoms with Crippen molar-refractivity contribution in [1.82, 2.24) is 0 Å². The van der Waals surface area contributed by atoms with Gasteiger partial charge in [-0.1, -0.05) is 66.9 Å². The molecule has 3 rings (SSSR count). The first kappa shape index (κ1) is 18.1. The van der Waals surface area contributed by atoms with Gasteiger partial charge in [0.1, 0.15) is 11.6 Å². The molecule has 1 heterocycles. The van der Waals surface area contributed by atoms with Gasteiger partial charge in [0.25, 0.3) is 0 Å². The van der Waals surface area contributed by atoms with E-state index >= 15 is 0 Å². The summed E-state index contributed by atoms with van der Waals surface area (Å²) in [5, 5.41) is 4.29. The lowest BCUT2D eigenvalue weighted by Gasteiger charge is -2.28. The number of cyclic esters (lactones) is 1. The second-order valence-electron chi connectivity index (χ2n) is 6.44. The average Bonchev–Trinajstić information content (AvgIpc) is 2.90. The molecule has 1 aliphatic rings. The summed E-state index contributed by atoms with van der Waals surface area (Å²) in [6.07, 6.45) is 3.44. The number of esters is 1. The Morgan fingerprint density at radius 1 is 1.16 bits per heavy atom. The van der Waals surface area contributed by atoms with Crippen molar-refractivity contribution in [1.29, 1.82) is 0 Å². The van der Waals surface area contributed by atoms with Gasteiger partial charge in [-0.15, -0.1) is 0 Å². The number of ether oxygens (including phenoxy) is 1. The second-order valence-corrected chi connectivity index (χ2v) is 7.32. The Balaban J connectivity index is 1.85. The van der Waals surface area contributed by atoms with E-state index in [9.17, 15) is 4.79 Å². The molecule has 1 saturated heterocycles. The van der Waals surface area contributed by atoms with Crippen molar-refractivity contribution in [2.75, 3.05) is 5.32 Å². The van der Waals surface area contributed by atoms with Gasteiger partial charge >= 0.3 is 5.97 Å². The number of anilines is 1. The maximum atomic E-state index is 12.5. The molecule has 5 heteroatoms. The van der Waals surface area contributed by atoms with Crippen LogP contribution >= 0.6 is 23.2 Å². The number of carbonyl (C=O) groups excluding carboxylic acids is 1. The summed E-state index contributed by atoms with van der Waals surface area (Å²) in [6.45, 7) is 2.14. The van der Waals surface area contributed by atoms with E-state index in [4.69, 9.17) is 27.9 Å². The van der Waals surface area contributed by atoms with Crippen LogP contribution in [0.2, 0.25) is 10.0 Å². The van der Waals surface area contributed by atoms with Crippen LogP contribution in [0.4, 0.5) is 5.69 Å². The van der Waals surface area contributed by atoms with E-state index < -0.39 is 11.6 Å². The van der Waals surface area contributed by atoms with Crippen molar-refractivity contribution in [2.45, 2.75) is 44.2 Å². The molecule has 0 saturated carbocycles. The highest BCUT2D eigenvalue weighted by molar-refractivity contribution is 6.35. The Morgan fingerprint density at radius 3 is 2.48 bits per heavy atom. The largest absolute Gasteiger partial charge is 0.453 e. The number of rotatable bonds is 6. The quantitative estimate of drug-likeness (QED) is 0.645. The molecule has 2 atom stereocenters. The molecule has 1 aliphatic heterocycles. The maximum Gasteiger partial charge on any atom is 0.329 e. The van der Waals surface area contributed by atoms with Gasteiger partial charge in [-0.25, -0.2) is 4.79 Å². The summed E-state index contributed by atoms with van der Waals surface area (Å²) >= 11 is 12.1. The maximum absolute atomic E-state index is 12.5. The summed E-state index contributed by atoms with van der Waals surface area (Å²) in [6, 6.07) is 14.7. The van der Waals surface area contributed by atoms with Crippen molar-refractivity contribution in [3.63, 3.8) is 0 Å². The highest BCUT2D eigenvalue weighted by Crippen LogP contribution is 2.42. The number of benzene rings is 2. The predicted molar refractivity (Wildman–Crippen MR) is 102 cm³/mol. The third-order valence-electron chi connectivity index (χ3n) is 4.55. The molecular weight excluding hydrogens is 357 g/mol. The van der Waals surface area contributed by atoms with Crippen LogP contribution in [0.3, 0.4) is 0 Å². The summed E-state index contributed by atoms with van der Waals surface area (Å²) in [5.74, 6) is -0.240. The second kappa shape index (κ2) is 7.67. The van der Waals surface area contributed by atoms with Crippen molar-refractivity contribution in [3.8, 4) is 0 Å². The highest BCUT2D eigenvalue weighted by Gasteiger charge is 2.47. The van der Waals surface area contributed by atoms with Gasteiger partial charge in [-0.2, -0.15) is 0 Å². The molecule has 0 radical (unpaired) electrons. The SMILES string of the molecule is CCCCC1(c2ccccc2)CC(Nc2cc(Cl)cc(Cl)c2)C(=O)O1. The minimum Gasteiger partial charge on any atom is -0.453 e. The molecule has 0 aromatic heterocycles. The van der Waals surface area contributed by atoms with Crippen molar-refractivity contribution < 1.29 is 9.53 Å². The molecule has 132 valence electrons. The number of nitrogens with one attached hydrogen (secondary N) is 1. The van der Waals surface area contributed by atoms with E-state index in [2.05, 4.69) is 12.2 Å². The van der Waals surface area contributed by atoms with Crippen LogP contribution in [-0.2, 0) is 15.1 Å². The standard InChI is InChI=1S/C20H21Cl2NO2/c1-2-3-9-20(14-7-5-4-6-8-14)13-18(19(24)25-20)23-17-11-15(21)10-16(22)12-17/h4-8,10-12,18,23H,2-3,9,13H2,1H3. The van der Waals surface area contributed by atoms with Crippen molar-refractivity contribution >= 4 is 34.9 Å². The molecule has 2 aromatic carbocycles. The van der Waals surface area contributed by atoms with Gasteiger partial charge < -0.3 is 10.1 Å². The minimum absolute atomic E-state index is 0.240. The Labute approximate surface area is 158 Å². The topological polar surface area (TPSA) is 38.3 Å². The van der Waals surface area contributed by atoms with Gasteiger partial charge in [-0.05, 0) is 36.6 Å². The third kappa shape index (κ3) is 4.10. The number of halogens is 2. The molecule has 0 spiro atoms. The zero-order chi connectivity index (χ0) is 17.9. The minimum atomic E-state index is -0.575. The fourth-order valence-corrected chi connectivity index (χ4v) is 3.87. The first-order valence-electron chi connectivity index (χ1n) is 8.53. The molecule has 1 N–H and O–H groups in total. The van der Waals surface area contributed by atoms with Gasteiger partial charge in [0, 0.05) is 22.2 Å². The van der Waals surface area contributed by atoms with Gasteiger partial charge in [-0.3, -0.25) is 0 Å². The van der Waals surface area contributed by atoms with Crippen LogP contribution in [-0.4, -0.2) is 12.0 Å². The fraction of sp³-hybridized carbons (Fsp3) is 0.350. The Hall–Kier alpha value is -1.71. The Morgan fingerprint density at radius 2 is 1.84 bits per heavy atom. The molecule has 1 fully saturated rings. The van der Waals surface area contributed by atoms with E-state index in [1.165, 1.54) is 0 Å². The van der Waals surface area contributed by atoms with E-state index in [-0.39, 0.29) is 5.97 Å². The smallest absolute Gasteiger partial charge is 0.329 e. The summed E-state index contributed by atoms with van der Waals surface area (Å²) in [7, 11) is 0. The molecule has 0 amide bonds. The Bertz CT molecular complexity index is 730. The summed E-state index contributed by atoms with van der Waals surface area (Å²) in [4.78, 5) is 12.5. The average molecular weight is 378 g/mol. The predicted octanol–water partition coefficient (Wildman–Crippen LogP) is 5.81. The molecular formula is C20H21Cl2NO2. The monoisotopic (exact) mass is 377 g/mol. The number of hydrogen-bond donors (Lipinski definition) is 1. The van der Waals surface area contributed by atoms with Crippen LogP contribution in [0.15, 0.2) is 48.5 Å². The normalized spacial score (nSPS) is 22.7. The molecule has 25 heavy (non-hydrogen) atoms. The molecule has 2 unspecified atom stereocenters. The first-order chi connectivity index (χ1) is 12.0. The number of carbonyl (C=O) groups is 1. The van der Waals surface area contributed by atoms with Crippen LogP contribution in [0.5, 0.6) is 0 Å². The zero-order valence-corrected chi connectivity index (χ0v) is 15.6. The third-order valence-corrected chi connectivity index (χ3v) is 4.99. The molecule has 0 bridgehead atoms. The lowest BCUT2D eigenvalue weighted by atomic mass is 9.85. The lowest BCUT2D eigenvalue weighted by molar-refractivity contribution is -0.150. The van der Waals surface area contributed by atoms with Gasteiger partial charge in [0.05, 0.1) is 0 Å². The van der Waals surface area contributed by atoms with E-state index in [0.29, 0.717) is 16.5 Å². The van der Waals surface area contributed by atoms with E-state index in [1.807, 2.05) is 30.3 Å². The van der Waals surface area contributed by atoms with E-state index in [0.717, 1.165) is 30.5 Å². The van der Waals surface area contributed by atoms with Crippen LogP contribution in [0, 0.1) is 0 Å². The highest BCUT2D eigenvalue weighted by atomic mass is 35.5. The van der Waals surface area contributed by atoms with Crippen molar-refractivity contribution in [2.24, 2.45) is 0 Å². The molecule has 0 aliphatic carbocycles. The van der Waals surface area contributed by atoms with Crippen LogP contribution in [0.25, 0.3) is 0 Å². The molecule has 2 aromatic rings. The summed E-state index contributed by atoms with van der Waals surface area (Å²) < 4.78 is 5.92. The van der Waals surface area contributed by atoms with Gasteiger partial charge in [0.15, 0.2) is 0 Å². The number of unbranched alkanes of at least 4 members (excludes halogenated alkanes) is 1. The first-order valence-corrected chi connectivity index (χ1v) is 9.29. The summed E-state index contributed by atoms with van der Waals surface area (Å²) in [5.41, 5.74) is 1.19. The van der Waals surface area contributed by atoms with E-state index in [1.54, 1.807) is 18.2 Å². The van der Waals surface area contributed by atoms with Gasteiger partial charge in [0.2, 0.25) is 0 Å². The lowest BCUT2D eigenvalue weighted by Crippen LogP contribution is -2.27.